The summed E-state index contributed by atoms with van der Waals surface area (Å²) in [5.41, 5.74) is 1.78. The number of rotatable bonds is 4. The molecule has 1 aliphatic heterocycles. The summed E-state index contributed by atoms with van der Waals surface area (Å²) in [5, 5.41) is 0. The van der Waals surface area contributed by atoms with Gasteiger partial charge in [-0.2, -0.15) is 0 Å². The van der Waals surface area contributed by atoms with Crippen LogP contribution in [-0.2, 0) is 4.74 Å². The maximum absolute atomic E-state index is 11.1. The van der Waals surface area contributed by atoms with Crippen molar-refractivity contribution in [2.45, 2.75) is 6.42 Å². The van der Waals surface area contributed by atoms with Gasteiger partial charge in [-0.3, -0.25) is 4.79 Å². The van der Waals surface area contributed by atoms with E-state index in [2.05, 4.69) is 20.8 Å². The molecule has 0 radical (unpaired) electrons. The molecule has 1 atom stereocenters. The molecule has 1 aromatic rings. The Balaban J connectivity index is 2.15. The van der Waals surface area contributed by atoms with Gasteiger partial charge in [-0.1, -0.05) is 15.9 Å². The molecule has 0 aromatic heterocycles. The van der Waals surface area contributed by atoms with Crippen molar-refractivity contribution < 1.29 is 9.53 Å². The van der Waals surface area contributed by atoms with Crippen molar-refractivity contribution >= 4 is 27.9 Å². The molecule has 0 aliphatic carbocycles. The molecule has 1 heterocycles. The van der Waals surface area contributed by atoms with Gasteiger partial charge < -0.3 is 9.64 Å². The van der Waals surface area contributed by atoms with E-state index in [0.717, 1.165) is 48.1 Å². The molecule has 1 aromatic carbocycles. The average molecular weight is 298 g/mol. The van der Waals surface area contributed by atoms with Crippen LogP contribution < -0.4 is 4.90 Å². The fourth-order valence-electron chi connectivity index (χ4n) is 2.33. The van der Waals surface area contributed by atoms with E-state index >= 15 is 0 Å². The normalized spacial score (nSPS) is 19.6. The number of hydrogen-bond donors (Lipinski definition) is 0. The van der Waals surface area contributed by atoms with Crippen LogP contribution in [0.3, 0.4) is 0 Å². The van der Waals surface area contributed by atoms with Gasteiger partial charge in [-0.25, -0.2) is 0 Å². The number of hydrogen-bond acceptors (Lipinski definition) is 3. The number of aldehydes is 1. The maximum atomic E-state index is 11.1. The lowest BCUT2D eigenvalue weighted by molar-refractivity contribution is 0.112. The van der Waals surface area contributed by atoms with Crippen LogP contribution in [0.15, 0.2) is 22.7 Å². The SMILES string of the molecule is COCC1CCN(c2ccc(Br)cc2C=O)C1. The number of nitrogens with zero attached hydrogens (tertiary/aromatic N) is 1. The quantitative estimate of drug-likeness (QED) is 0.801. The molecule has 92 valence electrons. The van der Waals surface area contributed by atoms with Crippen LogP contribution in [0.4, 0.5) is 5.69 Å². The van der Waals surface area contributed by atoms with Crippen molar-refractivity contribution in [1.29, 1.82) is 0 Å². The Labute approximate surface area is 110 Å². The van der Waals surface area contributed by atoms with Crippen LogP contribution >= 0.6 is 15.9 Å². The zero-order valence-corrected chi connectivity index (χ0v) is 11.4. The summed E-state index contributed by atoms with van der Waals surface area (Å²) in [5.74, 6) is 0.572. The lowest BCUT2D eigenvalue weighted by atomic mass is 10.1. The summed E-state index contributed by atoms with van der Waals surface area (Å²) >= 11 is 3.39. The molecule has 1 fully saturated rings. The summed E-state index contributed by atoms with van der Waals surface area (Å²) < 4.78 is 6.12. The highest BCUT2D eigenvalue weighted by atomic mass is 79.9. The van der Waals surface area contributed by atoms with Crippen LogP contribution in [0.25, 0.3) is 0 Å². The van der Waals surface area contributed by atoms with E-state index in [0.29, 0.717) is 5.92 Å². The van der Waals surface area contributed by atoms with Gasteiger partial charge in [0.15, 0.2) is 6.29 Å². The zero-order chi connectivity index (χ0) is 12.3. The standard InChI is InChI=1S/C13H16BrNO2/c1-17-9-10-4-5-15(7-10)13-3-2-12(14)6-11(13)8-16/h2-3,6,8,10H,4-5,7,9H2,1H3. The van der Waals surface area contributed by atoms with Crippen molar-refractivity contribution in [1.82, 2.24) is 0 Å². The first-order valence-corrected chi connectivity index (χ1v) is 6.52. The second-order valence-electron chi connectivity index (χ2n) is 4.38. The van der Waals surface area contributed by atoms with E-state index in [4.69, 9.17) is 4.74 Å². The highest BCUT2D eigenvalue weighted by molar-refractivity contribution is 9.10. The molecule has 0 saturated carbocycles. The minimum absolute atomic E-state index is 0.572. The summed E-state index contributed by atoms with van der Waals surface area (Å²) in [6.07, 6.45) is 2.05. The van der Waals surface area contributed by atoms with Crippen LogP contribution in [0.1, 0.15) is 16.8 Å². The van der Waals surface area contributed by atoms with Crippen LogP contribution in [-0.4, -0.2) is 33.1 Å². The molecular weight excluding hydrogens is 282 g/mol. The molecule has 1 unspecified atom stereocenters. The first-order valence-electron chi connectivity index (χ1n) is 5.73. The largest absolute Gasteiger partial charge is 0.384 e. The van der Waals surface area contributed by atoms with Crippen LogP contribution in [0.5, 0.6) is 0 Å². The van der Waals surface area contributed by atoms with Crippen molar-refractivity contribution in [3.8, 4) is 0 Å². The van der Waals surface area contributed by atoms with E-state index in [1.54, 1.807) is 7.11 Å². The van der Waals surface area contributed by atoms with E-state index in [1.165, 1.54) is 0 Å². The van der Waals surface area contributed by atoms with Crippen molar-refractivity contribution in [2.24, 2.45) is 5.92 Å². The van der Waals surface area contributed by atoms with Crippen LogP contribution in [0.2, 0.25) is 0 Å². The number of carbonyl (C=O) groups is 1. The predicted molar refractivity (Wildman–Crippen MR) is 71.7 cm³/mol. The van der Waals surface area contributed by atoms with Gasteiger partial charge in [0.25, 0.3) is 0 Å². The highest BCUT2D eigenvalue weighted by Crippen LogP contribution is 2.28. The third-order valence-electron chi connectivity index (χ3n) is 3.15. The Morgan fingerprint density at radius 2 is 2.41 bits per heavy atom. The summed E-state index contributed by atoms with van der Waals surface area (Å²) in [6.45, 7) is 2.76. The number of methoxy groups -OCH3 is 1. The number of ether oxygens (including phenoxy) is 1. The average Bonchev–Trinajstić information content (AvgIpc) is 2.78. The second-order valence-corrected chi connectivity index (χ2v) is 5.29. The molecule has 0 amide bonds. The molecule has 1 aliphatic rings. The molecule has 1 saturated heterocycles. The molecule has 17 heavy (non-hydrogen) atoms. The number of halogens is 1. The van der Waals surface area contributed by atoms with Gasteiger partial charge in [-0.15, -0.1) is 0 Å². The Morgan fingerprint density at radius 1 is 1.59 bits per heavy atom. The van der Waals surface area contributed by atoms with Gasteiger partial charge >= 0.3 is 0 Å². The highest BCUT2D eigenvalue weighted by Gasteiger charge is 2.23. The Morgan fingerprint density at radius 3 is 3.12 bits per heavy atom. The van der Waals surface area contributed by atoms with E-state index in [1.807, 2.05) is 18.2 Å². The van der Waals surface area contributed by atoms with Crippen molar-refractivity contribution in [2.75, 3.05) is 31.7 Å². The van der Waals surface area contributed by atoms with E-state index in [9.17, 15) is 4.79 Å². The monoisotopic (exact) mass is 297 g/mol. The third kappa shape index (κ3) is 2.87. The van der Waals surface area contributed by atoms with Crippen molar-refractivity contribution in [3.05, 3.63) is 28.2 Å². The van der Waals surface area contributed by atoms with Crippen molar-refractivity contribution in [3.63, 3.8) is 0 Å². The van der Waals surface area contributed by atoms with E-state index in [-0.39, 0.29) is 0 Å². The molecule has 0 N–H and O–H groups in total. The first-order chi connectivity index (χ1) is 8.24. The Bertz CT molecular complexity index is 408. The first kappa shape index (κ1) is 12.6. The van der Waals surface area contributed by atoms with Gasteiger partial charge in [0, 0.05) is 41.8 Å². The fourth-order valence-corrected chi connectivity index (χ4v) is 2.71. The third-order valence-corrected chi connectivity index (χ3v) is 3.64. The molecule has 2 rings (SSSR count). The van der Waals surface area contributed by atoms with E-state index < -0.39 is 0 Å². The summed E-state index contributed by atoms with van der Waals surface area (Å²) in [7, 11) is 1.74. The predicted octanol–water partition coefficient (Wildman–Crippen LogP) is 2.73. The van der Waals surface area contributed by atoms with Gasteiger partial charge in [0.1, 0.15) is 0 Å². The minimum Gasteiger partial charge on any atom is -0.384 e. The van der Waals surface area contributed by atoms with Gasteiger partial charge in [-0.05, 0) is 24.6 Å². The lowest BCUT2D eigenvalue weighted by Gasteiger charge is -2.20. The second kappa shape index (κ2) is 5.65. The smallest absolute Gasteiger partial charge is 0.152 e. The number of anilines is 1. The topological polar surface area (TPSA) is 29.5 Å². The number of carbonyl (C=O) groups excluding carboxylic acids is 1. The van der Waals surface area contributed by atoms with Crippen LogP contribution in [0, 0.1) is 5.92 Å². The maximum Gasteiger partial charge on any atom is 0.152 e. The minimum atomic E-state index is 0.572. The summed E-state index contributed by atoms with van der Waals surface area (Å²) in [6, 6.07) is 5.85. The molecule has 0 bridgehead atoms. The number of benzene rings is 1. The molecule has 4 heteroatoms. The molecule has 3 nitrogen and oxygen atoms in total. The Kier molecular flexibility index (Phi) is 4.18. The lowest BCUT2D eigenvalue weighted by Crippen LogP contribution is -2.22. The van der Waals surface area contributed by atoms with Gasteiger partial charge in [0.2, 0.25) is 0 Å². The fraction of sp³-hybridized carbons (Fsp3) is 0.462. The Hall–Kier alpha value is -0.870. The zero-order valence-electron chi connectivity index (χ0n) is 9.86. The molecule has 0 spiro atoms. The molecular formula is C13H16BrNO2. The summed E-state index contributed by atoms with van der Waals surface area (Å²) in [4.78, 5) is 13.3. The van der Waals surface area contributed by atoms with Gasteiger partial charge in [0.05, 0.1) is 6.61 Å².